The van der Waals surface area contributed by atoms with Crippen LogP contribution in [0, 0.1) is 23.7 Å². The van der Waals surface area contributed by atoms with E-state index in [0.29, 0.717) is 12.0 Å². The highest BCUT2D eigenvalue weighted by Crippen LogP contribution is 2.67. The Hall–Kier alpha value is -2.90. The first-order chi connectivity index (χ1) is 21.5. The molecule has 2 bridgehead atoms. The molecular formula is C38H44N4O2. The van der Waals surface area contributed by atoms with Gasteiger partial charge in [0.05, 0.1) is 12.1 Å². The second-order valence-corrected chi connectivity index (χ2v) is 14.9. The number of allylic oxidation sites excluding steroid dienone is 2. The minimum absolute atomic E-state index is 0.0145. The van der Waals surface area contributed by atoms with Crippen molar-refractivity contribution in [1.29, 1.82) is 0 Å². The van der Waals surface area contributed by atoms with Gasteiger partial charge in [-0.05, 0) is 81.2 Å². The molecule has 3 aromatic rings. The summed E-state index contributed by atoms with van der Waals surface area (Å²) < 4.78 is 0. The number of aromatic amines is 1. The van der Waals surface area contributed by atoms with Gasteiger partial charge in [-0.1, -0.05) is 59.7 Å². The molecule has 1 saturated carbocycles. The molecule has 1 aromatic heterocycles. The molecule has 10 rings (SSSR count). The fourth-order valence-electron chi connectivity index (χ4n) is 12.1. The molecule has 3 N–H and O–H groups in total. The van der Waals surface area contributed by atoms with E-state index in [0.717, 1.165) is 51.9 Å². The first-order valence-electron chi connectivity index (χ1n) is 17.2. The van der Waals surface area contributed by atoms with E-state index in [1.807, 2.05) is 0 Å². The largest absolute Gasteiger partial charge is 0.392 e. The summed E-state index contributed by atoms with van der Waals surface area (Å²) >= 11 is 0. The topological polar surface area (TPSA) is 66.0 Å². The zero-order valence-electron chi connectivity index (χ0n) is 25.9. The van der Waals surface area contributed by atoms with E-state index in [-0.39, 0.29) is 35.3 Å². The van der Waals surface area contributed by atoms with Crippen LogP contribution in [0.1, 0.15) is 56.0 Å². The smallest absolute Gasteiger partial charge is 0.133 e. The molecule has 7 aliphatic rings. The molecule has 4 saturated heterocycles. The van der Waals surface area contributed by atoms with Gasteiger partial charge in [-0.2, -0.15) is 0 Å². The van der Waals surface area contributed by atoms with Crippen LogP contribution in [0.5, 0.6) is 0 Å². The molecule has 1 aliphatic carbocycles. The van der Waals surface area contributed by atoms with Gasteiger partial charge in [0.2, 0.25) is 0 Å². The summed E-state index contributed by atoms with van der Waals surface area (Å²) in [4.78, 5) is 11.6. The molecular weight excluding hydrogens is 544 g/mol. The number of fused-ring (bicyclic) bond motifs is 9. The number of anilines is 1. The number of aromatic nitrogens is 1. The highest BCUT2D eigenvalue weighted by atomic mass is 16.3. The SMILES string of the molecule is C/C=C1\CN2CC[C@]34c5ccccc5N5[C@H]3[C@H]([C@@H](O)[C@H]([C@@H]3C[C@H]6c7[nH]c8ccccc8c7CCN6C/C3=C/C)[C@@H]5O)[C@H]1C[C@H]24. The van der Waals surface area contributed by atoms with Crippen LogP contribution in [0.15, 0.2) is 71.8 Å². The first kappa shape index (κ1) is 26.3. The van der Waals surface area contributed by atoms with Crippen LogP contribution in [0.3, 0.4) is 0 Å². The third-order valence-electron chi connectivity index (χ3n) is 13.8. The number of hydrogen-bond acceptors (Lipinski definition) is 5. The van der Waals surface area contributed by atoms with Gasteiger partial charge in [0.15, 0.2) is 0 Å². The van der Waals surface area contributed by atoms with Gasteiger partial charge in [-0.25, -0.2) is 0 Å². The van der Waals surface area contributed by atoms with Crippen molar-refractivity contribution in [3.63, 3.8) is 0 Å². The molecule has 6 nitrogen and oxygen atoms in total. The molecule has 0 amide bonds. The number of nitrogens with one attached hydrogen (secondary N) is 1. The number of nitrogens with zero attached hydrogens (tertiary/aromatic N) is 3. The van der Waals surface area contributed by atoms with E-state index in [9.17, 15) is 10.2 Å². The molecule has 1 spiro atoms. The third-order valence-corrected chi connectivity index (χ3v) is 13.8. The summed E-state index contributed by atoms with van der Waals surface area (Å²) in [6, 6.07) is 18.6. The van der Waals surface area contributed by atoms with E-state index >= 15 is 0 Å². The highest BCUT2D eigenvalue weighted by Gasteiger charge is 2.72. The highest BCUT2D eigenvalue weighted by molar-refractivity contribution is 5.85. The molecule has 0 unspecified atom stereocenters. The lowest BCUT2D eigenvalue weighted by atomic mass is 9.51. The van der Waals surface area contributed by atoms with E-state index in [2.05, 4.69) is 94.2 Å². The summed E-state index contributed by atoms with van der Waals surface area (Å²) in [6.07, 6.45) is 7.61. The van der Waals surface area contributed by atoms with Gasteiger partial charge in [0.1, 0.15) is 6.23 Å². The summed E-state index contributed by atoms with van der Waals surface area (Å²) in [5.41, 5.74) is 9.57. The molecule has 44 heavy (non-hydrogen) atoms. The van der Waals surface area contributed by atoms with E-state index in [1.165, 1.54) is 44.6 Å². The first-order valence-corrected chi connectivity index (χ1v) is 17.2. The Labute approximate surface area is 260 Å². The summed E-state index contributed by atoms with van der Waals surface area (Å²) in [6.45, 7) is 8.46. The van der Waals surface area contributed by atoms with Gasteiger partial charge < -0.3 is 20.1 Å². The number of H-pyrrole nitrogens is 1. The second-order valence-electron chi connectivity index (χ2n) is 14.9. The van der Waals surface area contributed by atoms with Gasteiger partial charge in [-0.3, -0.25) is 9.80 Å². The lowest BCUT2D eigenvalue weighted by Crippen LogP contribution is -2.73. The van der Waals surface area contributed by atoms with Crippen molar-refractivity contribution in [3.05, 3.63) is 88.7 Å². The standard InChI is InChI=1S/C38H44N4O2/c1-3-21-19-40-15-13-24-23-9-5-7-11-28(23)39-34(24)30(40)17-25(21)33-35(43)32-26-18-31-38(14-16-41(31)20-22(26)4-2)27-10-6-8-12-29(27)42(36(32)38)37(33)44/h3-12,25-26,30-33,35-37,39,43-44H,13-20H2,1-2H3/b21-3-,22-4+/t25-,26+,30+,31+,32+,33+,35-,36+,37+,38-/m1/s1. The zero-order valence-corrected chi connectivity index (χ0v) is 25.9. The van der Waals surface area contributed by atoms with Crippen LogP contribution < -0.4 is 4.90 Å². The lowest BCUT2D eigenvalue weighted by molar-refractivity contribution is -0.129. The van der Waals surface area contributed by atoms with Crippen LogP contribution in [-0.4, -0.2) is 75.6 Å². The fraction of sp³-hybridized carbons (Fsp3) is 0.526. The van der Waals surface area contributed by atoms with E-state index < -0.39 is 12.3 Å². The van der Waals surface area contributed by atoms with Crippen LogP contribution in [0.4, 0.5) is 5.69 Å². The Bertz CT molecular complexity index is 1740. The average Bonchev–Trinajstić information content (AvgIpc) is 3.73. The number of rotatable bonds is 1. The molecule has 5 fully saturated rings. The predicted molar refractivity (Wildman–Crippen MR) is 173 cm³/mol. The molecule has 10 atom stereocenters. The molecule has 0 radical (unpaired) electrons. The van der Waals surface area contributed by atoms with Crippen molar-refractivity contribution < 1.29 is 10.2 Å². The van der Waals surface area contributed by atoms with Crippen molar-refractivity contribution >= 4 is 16.6 Å². The Morgan fingerprint density at radius 1 is 0.864 bits per heavy atom. The van der Waals surface area contributed by atoms with Crippen molar-refractivity contribution in [2.75, 3.05) is 31.1 Å². The normalized spacial score (nSPS) is 42.5. The van der Waals surface area contributed by atoms with Crippen molar-refractivity contribution in [2.45, 2.75) is 75.4 Å². The lowest BCUT2D eigenvalue weighted by Gasteiger charge is -2.63. The average molecular weight is 589 g/mol. The maximum atomic E-state index is 12.8. The Kier molecular flexibility index (Phi) is 5.44. The molecule has 7 heterocycles. The number of para-hydroxylation sites is 2. The maximum absolute atomic E-state index is 12.8. The van der Waals surface area contributed by atoms with Crippen molar-refractivity contribution in [2.24, 2.45) is 23.7 Å². The number of piperidine rings is 3. The second kappa shape index (κ2) is 9.10. The quantitative estimate of drug-likeness (QED) is 0.344. The van der Waals surface area contributed by atoms with Crippen LogP contribution in [0.2, 0.25) is 0 Å². The third kappa shape index (κ3) is 3.06. The Morgan fingerprint density at radius 2 is 1.61 bits per heavy atom. The predicted octanol–water partition coefficient (Wildman–Crippen LogP) is 5.14. The van der Waals surface area contributed by atoms with Crippen LogP contribution in [0.25, 0.3) is 10.9 Å². The van der Waals surface area contributed by atoms with Crippen molar-refractivity contribution in [3.8, 4) is 0 Å². The maximum Gasteiger partial charge on any atom is 0.133 e. The molecule has 6 aliphatic heterocycles. The Morgan fingerprint density at radius 3 is 2.45 bits per heavy atom. The van der Waals surface area contributed by atoms with Crippen LogP contribution >= 0.6 is 0 Å². The van der Waals surface area contributed by atoms with Crippen molar-refractivity contribution in [1.82, 2.24) is 14.8 Å². The number of benzene rings is 2. The minimum atomic E-state index is -0.717. The number of aliphatic hydroxyl groups excluding tert-OH is 2. The van der Waals surface area contributed by atoms with Gasteiger partial charge >= 0.3 is 0 Å². The summed E-state index contributed by atoms with van der Waals surface area (Å²) in [7, 11) is 0. The Balaban J connectivity index is 1.11. The van der Waals surface area contributed by atoms with Crippen LogP contribution in [-0.2, 0) is 11.8 Å². The minimum Gasteiger partial charge on any atom is -0.392 e. The number of aliphatic hydroxyl groups is 2. The molecule has 228 valence electrons. The van der Waals surface area contributed by atoms with E-state index in [4.69, 9.17) is 0 Å². The zero-order chi connectivity index (χ0) is 29.5. The molecule has 6 heteroatoms. The fourth-order valence-corrected chi connectivity index (χ4v) is 12.1. The monoisotopic (exact) mass is 588 g/mol. The van der Waals surface area contributed by atoms with Gasteiger partial charge in [0, 0.05) is 71.3 Å². The van der Waals surface area contributed by atoms with Gasteiger partial charge in [0.25, 0.3) is 0 Å². The van der Waals surface area contributed by atoms with E-state index in [1.54, 1.807) is 0 Å². The number of hydrogen-bond donors (Lipinski definition) is 3. The molecule has 2 aromatic carbocycles. The summed E-state index contributed by atoms with van der Waals surface area (Å²) in [5, 5.41) is 26.9. The van der Waals surface area contributed by atoms with Gasteiger partial charge in [-0.15, -0.1) is 0 Å². The summed E-state index contributed by atoms with van der Waals surface area (Å²) in [5.74, 6) is 0.355.